The number of carbonyl (C=O) groups is 2. The van der Waals surface area contributed by atoms with Gasteiger partial charge in [-0.2, -0.15) is 0 Å². The van der Waals surface area contributed by atoms with Gasteiger partial charge in [-0.1, -0.05) is 0 Å². The maximum absolute atomic E-state index is 12.6. The summed E-state index contributed by atoms with van der Waals surface area (Å²) in [6.07, 6.45) is 3.19. The summed E-state index contributed by atoms with van der Waals surface area (Å²) in [6, 6.07) is 10.1. The number of carbonyl (C=O) groups excluding carboxylic acids is 2. The fraction of sp³-hybridized carbons (Fsp3) is 0.381. The van der Waals surface area contributed by atoms with E-state index in [1.807, 2.05) is 0 Å². The number of aryl methyl sites for hydroxylation is 1. The van der Waals surface area contributed by atoms with Crippen LogP contribution in [0.5, 0.6) is 5.75 Å². The summed E-state index contributed by atoms with van der Waals surface area (Å²) in [5.74, 6) is 0.791. The average molecular weight is 398 g/mol. The highest BCUT2D eigenvalue weighted by atomic mass is 16.5. The van der Waals surface area contributed by atoms with Crippen molar-refractivity contribution in [3.8, 4) is 5.75 Å². The third kappa shape index (κ3) is 5.16. The maximum Gasteiger partial charge on any atom is 0.319 e. The summed E-state index contributed by atoms with van der Waals surface area (Å²) in [7, 11) is 3.22. The van der Waals surface area contributed by atoms with Crippen molar-refractivity contribution in [2.24, 2.45) is 13.0 Å². The van der Waals surface area contributed by atoms with E-state index in [4.69, 9.17) is 4.74 Å². The van der Waals surface area contributed by atoms with Crippen molar-refractivity contribution < 1.29 is 14.3 Å². The number of aromatic nitrogens is 1. The zero-order valence-corrected chi connectivity index (χ0v) is 16.7. The van der Waals surface area contributed by atoms with E-state index >= 15 is 0 Å². The molecule has 0 radical (unpaired) electrons. The molecule has 0 saturated carbocycles. The molecular weight excluding hydrogens is 372 g/mol. The number of anilines is 1. The van der Waals surface area contributed by atoms with Crippen LogP contribution in [0.15, 0.2) is 47.4 Å². The molecule has 1 aliphatic rings. The smallest absolute Gasteiger partial charge is 0.319 e. The molecule has 154 valence electrons. The van der Waals surface area contributed by atoms with Gasteiger partial charge in [0.2, 0.25) is 0 Å². The second-order valence-corrected chi connectivity index (χ2v) is 7.14. The molecule has 0 bridgehead atoms. The minimum absolute atomic E-state index is 0.199. The Morgan fingerprint density at radius 2 is 1.83 bits per heavy atom. The van der Waals surface area contributed by atoms with E-state index in [0.717, 1.165) is 18.6 Å². The van der Waals surface area contributed by atoms with Crippen molar-refractivity contribution in [1.82, 2.24) is 14.8 Å². The Hall–Kier alpha value is -3.29. The van der Waals surface area contributed by atoms with Crippen LogP contribution in [0.4, 0.5) is 10.5 Å². The minimum atomic E-state index is -0.281. The van der Waals surface area contributed by atoms with Gasteiger partial charge in [-0.05, 0) is 55.2 Å². The highest BCUT2D eigenvalue weighted by molar-refractivity contribution is 5.94. The number of urea groups is 1. The molecule has 1 aliphatic heterocycles. The topological polar surface area (TPSA) is 92.7 Å². The maximum atomic E-state index is 12.6. The molecule has 0 aliphatic carbocycles. The van der Waals surface area contributed by atoms with Gasteiger partial charge in [-0.15, -0.1) is 0 Å². The fourth-order valence-corrected chi connectivity index (χ4v) is 3.36. The molecule has 3 amide bonds. The molecule has 0 atom stereocenters. The summed E-state index contributed by atoms with van der Waals surface area (Å²) in [5, 5.41) is 5.67. The Bertz CT molecular complexity index is 915. The quantitative estimate of drug-likeness (QED) is 0.806. The zero-order chi connectivity index (χ0) is 20.8. The normalized spacial score (nSPS) is 14.3. The van der Waals surface area contributed by atoms with Crippen LogP contribution in [0.3, 0.4) is 0 Å². The molecule has 2 N–H and O–H groups in total. The van der Waals surface area contributed by atoms with Gasteiger partial charge in [0.25, 0.3) is 11.5 Å². The van der Waals surface area contributed by atoms with Crippen LogP contribution in [0.1, 0.15) is 23.2 Å². The van der Waals surface area contributed by atoms with Crippen molar-refractivity contribution in [3.63, 3.8) is 0 Å². The van der Waals surface area contributed by atoms with E-state index in [1.54, 1.807) is 61.7 Å². The molecule has 1 saturated heterocycles. The first kappa shape index (κ1) is 20.4. The number of rotatable bonds is 5. The van der Waals surface area contributed by atoms with E-state index in [1.165, 1.54) is 4.57 Å². The summed E-state index contributed by atoms with van der Waals surface area (Å²) in [4.78, 5) is 38.5. The number of piperidine rings is 1. The highest BCUT2D eigenvalue weighted by Gasteiger charge is 2.25. The van der Waals surface area contributed by atoms with E-state index in [9.17, 15) is 14.4 Å². The van der Waals surface area contributed by atoms with Crippen molar-refractivity contribution in [1.29, 1.82) is 0 Å². The lowest BCUT2D eigenvalue weighted by molar-refractivity contribution is 0.0688. The first-order valence-electron chi connectivity index (χ1n) is 9.61. The molecule has 0 spiro atoms. The molecule has 2 aromatic rings. The minimum Gasteiger partial charge on any atom is -0.497 e. The Morgan fingerprint density at radius 3 is 2.48 bits per heavy atom. The Morgan fingerprint density at radius 1 is 1.14 bits per heavy atom. The molecule has 8 heteroatoms. The molecule has 1 fully saturated rings. The lowest BCUT2D eigenvalue weighted by atomic mass is 9.96. The monoisotopic (exact) mass is 398 g/mol. The third-order valence-electron chi connectivity index (χ3n) is 5.15. The number of ether oxygens (including phenoxy) is 1. The summed E-state index contributed by atoms with van der Waals surface area (Å²) in [6.45, 7) is 1.68. The Balaban J connectivity index is 1.44. The van der Waals surface area contributed by atoms with Gasteiger partial charge in [0, 0.05) is 38.6 Å². The SMILES string of the molecule is COc1ccc(NC(=O)NCC2CCN(C(=O)c3cccn(C)c3=O)CC2)cc1. The van der Waals surface area contributed by atoms with Gasteiger partial charge >= 0.3 is 6.03 Å². The Labute approximate surface area is 169 Å². The zero-order valence-electron chi connectivity index (χ0n) is 16.7. The number of nitrogens with one attached hydrogen (secondary N) is 2. The molecule has 2 heterocycles. The van der Waals surface area contributed by atoms with Gasteiger partial charge in [0.1, 0.15) is 11.3 Å². The lowest BCUT2D eigenvalue weighted by Gasteiger charge is -2.32. The second-order valence-electron chi connectivity index (χ2n) is 7.14. The van der Waals surface area contributed by atoms with Crippen molar-refractivity contribution in [3.05, 3.63) is 58.5 Å². The predicted molar refractivity (Wildman–Crippen MR) is 110 cm³/mol. The number of nitrogens with zero attached hydrogens (tertiary/aromatic N) is 2. The van der Waals surface area contributed by atoms with E-state index < -0.39 is 0 Å². The van der Waals surface area contributed by atoms with Crippen LogP contribution >= 0.6 is 0 Å². The molecule has 1 aromatic heterocycles. The number of hydrogen-bond donors (Lipinski definition) is 2. The number of methoxy groups -OCH3 is 1. The standard InChI is InChI=1S/C21H26N4O4/c1-24-11-3-4-18(19(24)26)20(27)25-12-9-15(10-13-25)14-22-21(28)23-16-5-7-17(29-2)8-6-16/h3-8,11,15H,9-10,12-14H2,1-2H3,(H2,22,23,28). The summed E-state index contributed by atoms with van der Waals surface area (Å²) < 4.78 is 6.50. The van der Waals surface area contributed by atoms with E-state index in [-0.39, 0.29) is 23.1 Å². The van der Waals surface area contributed by atoms with Gasteiger partial charge in [-0.25, -0.2) is 4.79 Å². The number of amides is 3. The predicted octanol–water partition coefficient (Wildman–Crippen LogP) is 2.07. The van der Waals surface area contributed by atoms with E-state index in [2.05, 4.69) is 10.6 Å². The van der Waals surface area contributed by atoms with Crippen LogP contribution in [0.2, 0.25) is 0 Å². The summed E-state index contributed by atoms with van der Waals surface area (Å²) in [5.41, 5.74) is 0.607. The Kier molecular flexibility index (Phi) is 6.54. The van der Waals surface area contributed by atoms with E-state index in [0.29, 0.717) is 31.2 Å². The van der Waals surface area contributed by atoms with Crippen molar-refractivity contribution >= 4 is 17.6 Å². The third-order valence-corrected chi connectivity index (χ3v) is 5.15. The molecule has 29 heavy (non-hydrogen) atoms. The number of pyridine rings is 1. The molecule has 3 rings (SSSR count). The molecule has 8 nitrogen and oxygen atoms in total. The van der Waals surface area contributed by atoms with Gasteiger partial charge in [0.15, 0.2) is 0 Å². The fourth-order valence-electron chi connectivity index (χ4n) is 3.36. The second kappa shape index (κ2) is 9.27. The van der Waals surface area contributed by atoms with Crippen LogP contribution in [-0.4, -0.2) is 48.1 Å². The van der Waals surface area contributed by atoms with Gasteiger partial charge in [0.05, 0.1) is 7.11 Å². The molecular formula is C21H26N4O4. The number of hydrogen-bond acceptors (Lipinski definition) is 4. The average Bonchev–Trinajstić information content (AvgIpc) is 2.74. The van der Waals surface area contributed by atoms with Gasteiger partial charge in [-0.3, -0.25) is 9.59 Å². The van der Waals surface area contributed by atoms with Crippen LogP contribution in [0, 0.1) is 5.92 Å². The molecule has 1 aromatic carbocycles. The largest absolute Gasteiger partial charge is 0.497 e. The highest BCUT2D eigenvalue weighted by Crippen LogP contribution is 2.18. The van der Waals surface area contributed by atoms with Crippen LogP contribution in [-0.2, 0) is 7.05 Å². The van der Waals surface area contributed by atoms with Gasteiger partial charge < -0.3 is 24.8 Å². The lowest BCUT2D eigenvalue weighted by Crippen LogP contribution is -2.43. The number of benzene rings is 1. The van der Waals surface area contributed by atoms with Crippen LogP contribution < -0.4 is 20.9 Å². The first-order chi connectivity index (χ1) is 14.0. The summed E-state index contributed by atoms with van der Waals surface area (Å²) >= 11 is 0. The first-order valence-corrected chi connectivity index (χ1v) is 9.61. The van der Waals surface area contributed by atoms with Crippen LogP contribution in [0.25, 0.3) is 0 Å². The van der Waals surface area contributed by atoms with Crippen molar-refractivity contribution in [2.45, 2.75) is 12.8 Å². The molecule has 0 unspecified atom stereocenters. The van der Waals surface area contributed by atoms with Crippen molar-refractivity contribution in [2.75, 3.05) is 32.1 Å². The number of likely N-dealkylation sites (tertiary alicyclic amines) is 1.